The Hall–Kier alpha value is -1.42. The molecule has 3 nitrogen and oxygen atoms in total. The number of aromatic nitrogens is 2. The van der Waals surface area contributed by atoms with Gasteiger partial charge in [-0.3, -0.25) is 4.79 Å². The van der Waals surface area contributed by atoms with Gasteiger partial charge >= 0.3 is 0 Å². The van der Waals surface area contributed by atoms with E-state index in [9.17, 15) is 4.79 Å². The molecular formula is C15H17BrN2O. The van der Waals surface area contributed by atoms with Gasteiger partial charge in [0.15, 0.2) is 0 Å². The molecule has 2 aromatic rings. The van der Waals surface area contributed by atoms with E-state index in [4.69, 9.17) is 0 Å². The van der Waals surface area contributed by atoms with Gasteiger partial charge in [0.25, 0.3) is 5.56 Å². The molecular weight excluding hydrogens is 304 g/mol. The van der Waals surface area contributed by atoms with E-state index in [1.807, 2.05) is 26.0 Å². The van der Waals surface area contributed by atoms with Crippen molar-refractivity contribution in [3.8, 4) is 0 Å². The molecule has 0 saturated heterocycles. The Morgan fingerprint density at radius 2 is 2.00 bits per heavy atom. The molecule has 0 bridgehead atoms. The van der Waals surface area contributed by atoms with Crippen molar-refractivity contribution in [2.45, 2.75) is 33.1 Å². The molecule has 0 radical (unpaired) electrons. The molecule has 0 spiro atoms. The Morgan fingerprint density at radius 1 is 1.32 bits per heavy atom. The molecule has 0 atom stereocenters. The molecule has 4 heteroatoms. The number of aryl methyl sites for hydroxylation is 1. The number of hydrogen-bond acceptors (Lipinski definition) is 2. The van der Waals surface area contributed by atoms with E-state index in [0.29, 0.717) is 16.7 Å². The van der Waals surface area contributed by atoms with E-state index >= 15 is 0 Å². The van der Waals surface area contributed by atoms with Gasteiger partial charge in [0.1, 0.15) is 10.3 Å². The number of aromatic amines is 1. The van der Waals surface area contributed by atoms with E-state index in [0.717, 1.165) is 5.69 Å². The predicted octanol–water partition coefficient (Wildman–Crippen LogP) is 3.56. The average molecular weight is 321 g/mol. The molecule has 2 rings (SSSR count). The summed E-state index contributed by atoms with van der Waals surface area (Å²) in [6.45, 7) is 6.13. The normalized spacial score (nSPS) is 11.0. The van der Waals surface area contributed by atoms with Crippen LogP contribution in [-0.4, -0.2) is 9.97 Å². The van der Waals surface area contributed by atoms with Crippen LogP contribution in [0.25, 0.3) is 0 Å². The van der Waals surface area contributed by atoms with Gasteiger partial charge in [0.05, 0.1) is 5.69 Å². The smallest absolute Gasteiger partial charge is 0.265 e. The van der Waals surface area contributed by atoms with Crippen LogP contribution in [0, 0.1) is 6.92 Å². The summed E-state index contributed by atoms with van der Waals surface area (Å²) in [5.74, 6) is 0.929. The number of rotatable bonds is 3. The summed E-state index contributed by atoms with van der Waals surface area (Å²) in [7, 11) is 0. The third-order valence-corrected chi connectivity index (χ3v) is 3.87. The molecule has 0 aliphatic heterocycles. The maximum Gasteiger partial charge on any atom is 0.265 e. The second-order valence-electron chi connectivity index (χ2n) is 4.97. The lowest BCUT2D eigenvalue weighted by molar-refractivity contribution is 0.775. The number of nitrogens with zero attached hydrogens (tertiary/aromatic N) is 1. The monoisotopic (exact) mass is 320 g/mol. The molecule has 1 aromatic heterocycles. The number of benzene rings is 1. The van der Waals surface area contributed by atoms with Crippen molar-refractivity contribution in [3.63, 3.8) is 0 Å². The zero-order valence-corrected chi connectivity index (χ0v) is 12.9. The fourth-order valence-electron chi connectivity index (χ4n) is 1.98. The number of H-pyrrole nitrogens is 1. The van der Waals surface area contributed by atoms with Crippen molar-refractivity contribution in [1.29, 1.82) is 0 Å². The lowest BCUT2D eigenvalue weighted by Gasteiger charge is -2.10. The largest absolute Gasteiger partial charge is 0.309 e. The summed E-state index contributed by atoms with van der Waals surface area (Å²) in [5.41, 5.74) is 3.09. The average Bonchev–Trinajstić information content (AvgIpc) is 2.36. The zero-order chi connectivity index (χ0) is 14.0. The van der Waals surface area contributed by atoms with Crippen molar-refractivity contribution in [2.24, 2.45) is 0 Å². The van der Waals surface area contributed by atoms with Crippen LogP contribution >= 0.6 is 15.9 Å². The van der Waals surface area contributed by atoms with Gasteiger partial charge in [0, 0.05) is 6.42 Å². The number of nitrogens with one attached hydrogen (secondary N) is 1. The lowest BCUT2D eigenvalue weighted by Crippen LogP contribution is -2.16. The van der Waals surface area contributed by atoms with Gasteiger partial charge in [-0.05, 0) is 39.9 Å². The molecule has 0 unspecified atom stereocenters. The van der Waals surface area contributed by atoms with E-state index in [2.05, 4.69) is 45.0 Å². The van der Waals surface area contributed by atoms with Gasteiger partial charge in [-0.1, -0.05) is 38.1 Å². The van der Waals surface area contributed by atoms with Gasteiger partial charge < -0.3 is 4.98 Å². The minimum atomic E-state index is -0.109. The van der Waals surface area contributed by atoms with Crippen molar-refractivity contribution in [2.75, 3.05) is 0 Å². The summed E-state index contributed by atoms with van der Waals surface area (Å²) in [5, 5.41) is 0. The van der Waals surface area contributed by atoms with E-state index in [1.54, 1.807) is 0 Å². The van der Waals surface area contributed by atoms with Gasteiger partial charge in [-0.2, -0.15) is 0 Å². The second-order valence-corrected chi connectivity index (χ2v) is 5.76. The summed E-state index contributed by atoms with van der Waals surface area (Å²) in [6.07, 6.45) is 0.648. The molecule has 1 aromatic carbocycles. The van der Waals surface area contributed by atoms with Gasteiger partial charge in [-0.15, -0.1) is 0 Å². The zero-order valence-electron chi connectivity index (χ0n) is 11.3. The number of halogens is 1. The first-order valence-electron chi connectivity index (χ1n) is 6.32. The highest BCUT2D eigenvalue weighted by Crippen LogP contribution is 2.19. The summed E-state index contributed by atoms with van der Waals surface area (Å²) < 4.78 is 0.538. The van der Waals surface area contributed by atoms with E-state index < -0.39 is 0 Å². The highest BCUT2D eigenvalue weighted by atomic mass is 79.9. The summed E-state index contributed by atoms with van der Waals surface area (Å²) in [4.78, 5) is 19.3. The van der Waals surface area contributed by atoms with Crippen LogP contribution in [0.5, 0.6) is 0 Å². The van der Waals surface area contributed by atoms with Crippen molar-refractivity contribution >= 4 is 15.9 Å². The van der Waals surface area contributed by atoms with Crippen LogP contribution in [0.2, 0.25) is 0 Å². The summed E-state index contributed by atoms with van der Waals surface area (Å²) in [6, 6.07) is 8.14. The van der Waals surface area contributed by atoms with Crippen LogP contribution < -0.4 is 5.56 Å². The van der Waals surface area contributed by atoms with E-state index in [-0.39, 0.29) is 11.5 Å². The fourth-order valence-corrected chi connectivity index (χ4v) is 2.63. The van der Waals surface area contributed by atoms with Gasteiger partial charge in [-0.25, -0.2) is 4.98 Å². The van der Waals surface area contributed by atoms with Crippen LogP contribution in [0.15, 0.2) is 33.5 Å². The molecule has 19 heavy (non-hydrogen) atoms. The second kappa shape index (κ2) is 5.70. The Morgan fingerprint density at radius 3 is 2.63 bits per heavy atom. The van der Waals surface area contributed by atoms with Gasteiger partial charge in [0.2, 0.25) is 0 Å². The maximum atomic E-state index is 11.9. The quantitative estimate of drug-likeness (QED) is 0.939. The molecule has 0 aliphatic carbocycles. The predicted molar refractivity (Wildman–Crippen MR) is 80.6 cm³/mol. The van der Waals surface area contributed by atoms with Crippen LogP contribution in [0.1, 0.15) is 42.4 Å². The molecule has 0 aliphatic rings. The lowest BCUT2D eigenvalue weighted by atomic mass is 10.1. The third kappa shape index (κ3) is 3.13. The SMILES string of the molecule is Cc1ccccc1Cc1nc(C(C)C)c(Br)c(=O)[nH]1. The Balaban J connectivity index is 2.42. The minimum Gasteiger partial charge on any atom is -0.309 e. The molecule has 100 valence electrons. The summed E-state index contributed by atoms with van der Waals surface area (Å²) >= 11 is 3.31. The molecule has 1 N–H and O–H groups in total. The van der Waals surface area contributed by atoms with Crippen LogP contribution in [0.3, 0.4) is 0 Å². The number of hydrogen-bond donors (Lipinski definition) is 1. The van der Waals surface area contributed by atoms with Crippen LogP contribution in [-0.2, 0) is 6.42 Å². The first-order chi connectivity index (χ1) is 8.99. The molecule has 0 saturated carbocycles. The highest BCUT2D eigenvalue weighted by molar-refractivity contribution is 9.10. The molecule has 1 heterocycles. The fraction of sp³-hybridized carbons (Fsp3) is 0.333. The molecule has 0 fully saturated rings. The highest BCUT2D eigenvalue weighted by Gasteiger charge is 2.12. The third-order valence-electron chi connectivity index (χ3n) is 3.10. The topological polar surface area (TPSA) is 45.8 Å². The minimum absolute atomic E-state index is 0.109. The standard InChI is InChI=1S/C15H17BrN2O/c1-9(2)14-13(16)15(19)18-12(17-14)8-11-7-5-4-6-10(11)3/h4-7,9H,8H2,1-3H3,(H,17,18,19). The maximum absolute atomic E-state index is 11.9. The van der Waals surface area contributed by atoms with Crippen LogP contribution in [0.4, 0.5) is 0 Å². The Kier molecular flexibility index (Phi) is 4.20. The first kappa shape index (κ1) is 14.0. The molecule has 0 amide bonds. The Bertz CT molecular complexity index is 647. The van der Waals surface area contributed by atoms with E-state index in [1.165, 1.54) is 11.1 Å². The van der Waals surface area contributed by atoms with Crippen molar-refractivity contribution in [3.05, 3.63) is 61.7 Å². The van der Waals surface area contributed by atoms with Crippen molar-refractivity contribution in [1.82, 2.24) is 9.97 Å². The Labute approximate surface area is 121 Å². The van der Waals surface area contributed by atoms with Crippen molar-refractivity contribution < 1.29 is 0 Å². The first-order valence-corrected chi connectivity index (χ1v) is 7.11.